The van der Waals surface area contributed by atoms with Crippen LogP contribution < -0.4 is 10.6 Å². The quantitative estimate of drug-likeness (QED) is 0.811. The summed E-state index contributed by atoms with van der Waals surface area (Å²) in [5.74, 6) is -0.507. The molecule has 6 nitrogen and oxygen atoms in total. The molecule has 0 bridgehead atoms. The van der Waals surface area contributed by atoms with E-state index >= 15 is 0 Å². The van der Waals surface area contributed by atoms with Crippen molar-refractivity contribution in [3.63, 3.8) is 0 Å². The number of carbonyl (C=O) groups is 1. The largest absolute Gasteiger partial charge is 0.379 e. The number of aromatic nitrogens is 2. The molecule has 2 N–H and O–H groups in total. The molecule has 1 aromatic rings. The van der Waals surface area contributed by atoms with Crippen LogP contribution in [0.4, 0.5) is 5.69 Å². The Morgan fingerprint density at radius 3 is 2.67 bits per heavy atom. The monoisotopic (exact) mass is 290 g/mol. The molecule has 2 rings (SSSR count). The molecule has 1 fully saturated rings. The van der Waals surface area contributed by atoms with Crippen molar-refractivity contribution in [2.45, 2.75) is 6.04 Å². The number of carbonyl (C=O) groups excluding carboxylic acids is 1. The molecule has 2 unspecified atom stereocenters. The summed E-state index contributed by atoms with van der Waals surface area (Å²) in [5.41, 5.74) is 0.229. The number of likely N-dealkylation sites (N-methyl/N-ethyl adjacent to an activating group) is 1. The number of rotatable bonds is 3. The lowest BCUT2D eigenvalue weighted by Gasteiger charge is -2.16. The molecule has 2 atom stereocenters. The molecule has 8 heteroatoms. The van der Waals surface area contributed by atoms with Gasteiger partial charge in [0, 0.05) is 6.04 Å². The number of nitrogens with one attached hydrogen (secondary N) is 2. The van der Waals surface area contributed by atoms with Crippen molar-refractivity contribution >= 4 is 34.8 Å². The van der Waals surface area contributed by atoms with Gasteiger partial charge in [-0.3, -0.25) is 4.79 Å². The molecule has 1 amide bonds. The zero-order valence-electron chi connectivity index (χ0n) is 9.61. The second-order valence-corrected chi connectivity index (χ2v) is 4.57. The standard InChI is InChI=1S/C10H12Cl2N4O2/c1-13-6-3-18-2-5(6)10(17)16-7-8(11)14-4-15-9(7)12/h4-6,13H,2-3H2,1H3,(H,16,17). The number of nitrogens with zero attached hydrogens (tertiary/aromatic N) is 2. The van der Waals surface area contributed by atoms with Crippen LogP contribution in [-0.2, 0) is 9.53 Å². The second-order valence-electron chi connectivity index (χ2n) is 3.86. The van der Waals surface area contributed by atoms with Gasteiger partial charge in [0.1, 0.15) is 12.0 Å². The molecule has 1 saturated heterocycles. The number of hydrogen-bond donors (Lipinski definition) is 2. The van der Waals surface area contributed by atoms with Gasteiger partial charge in [-0.2, -0.15) is 0 Å². The number of ether oxygens (including phenoxy) is 1. The molecule has 2 heterocycles. The summed E-state index contributed by atoms with van der Waals surface area (Å²) in [7, 11) is 1.78. The molecule has 1 aliphatic heterocycles. The van der Waals surface area contributed by atoms with Crippen molar-refractivity contribution in [2.24, 2.45) is 5.92 Å². The molecular weight excluding hydrogens is 279 g/mol. The highest BCUT2D eigenvalue weighted by atomic mass is 35.5. The Hall–Kier alpha value is -0.950. The predicted octanol–water partition coefficient (Wildman–Crippen LogP) is 0.956. The number of hydrogen-bond acceptors (Lipinski definition) is 5. The molecule has 0 aromatic carbocycles. The maximum absolute atomic E-state index is 12.1. The van der Waals surface area contributed by atoms with E-state index in [0.29, 0.717) is 13.2 Å². The lowest BCUT2D eigenvalue weighted by Crippen LogP contribution is -2.39. The topological polar surface area (TPSA) is 76.1 Å². The van der Waals surface area contributed by atoms with E-state index in [1.165, 1.54) is 6.33 Å². The van der Waals surface area contributed by atoms with Gasteiger partial charge < -0.3 is 15.4 Å². The van der Waals surface area contributed by atoms with Gasteiger partial charge in [-0.05, 0) is 7.05 Å². The molecule has 0 radical (unpaired) electrons. The van der Waals surface area contributed by atoms with Crippen molar-refractivity contribution in [3.8, 4) is 0 Å². The summed E-state index contributed by atoms with van der Waals surface area (Å²) in [4.78, 5) is 19.6. The average Bonchev–Trinajstić information content (AvgIpc) is 2.82. The SMILES string of the molecule is CNC1COCC1C(=O)Nc1c(Cl)ncnc1Cl. The van der Waals surface area contributed by atoms with Crippen LogP contribution in [0.15, 0.2) is 6.33 Å². The zero-order valence-corrected chi connectivity index (χ0v) is 11.1. The van der Waals surface area contributed by atoms with Crippen molar-refractivity contribution < 1.29 is 9.53 Å². The first-order chi connectivity index (χ1) is 8.63. The summed E-state index contributed by atoms with van der Waals surface area (Å²) < 4.78 is 5.26. The maximum Gasteiger partial charge on any atom is 0.231 e. The molecule has 1 aromatic heterocycles. The molecule has 18 heavy (non-hydrogen) atoms. The smallest absolute Gasteiger partial charge is 0.231 e. The van der Waals surface area contributed by atoms with Gasteiger partial charge in [0.25, 0.3) is 0 Å². The van der Waals surface area contributed by atoms with Crippen LogP contribution in [0.1, 0.15) is 0 Å². The Balaban J connectivity index is 2.12. The van der Waals surface area contributed by atoms with E-state index in [9.17, 15) is 4.79 Å². The fourth-order valence-electron chi connectivity index (χ4n) is 1.76. The first-order valence-corrected chi connectivity index (χ1v) is 6.11. The Morgan fingerprint density at radius 2 is 2.06 bits per heavy atom. The van der Waals surface area contributed by atoms with E-state index < -0.39 is 0 Å². The van der Waals surface area contributed by atoms with Crippen LogP contribution in [0.3, 0.4) is 0 Å². The third-order valence-electron chi connectivity index (χ3n) is 2.79. The van der Waals surface area contributed by atoms with E-state index in [0.717, 1.165) is 0 Å². The first kappa shape index (κ1) is 13.5. The normalized spacial score (nSPS) is 23.1. The summed E-state index contributed by atoms with van der Waals surface area (Å²) in [6.07, 6.45) is 1.23. The third kappa shape index (κ3) is 2.72. The van der Waals surface area contributed by atoms with Gasteiger partial charge in [-0.25, -0.2) is 9.97 Å². The van der Waals surface area contributed by atoms with E-state index in [1.54, 1.807) is 7.05 Å². The molecule has 98 valence electrons. The van der Waals surface area contributed by atoms with Crippen molar-refractivity contribution in [2.75, 3.05) is 25.6 Å². The Morgan fingerprint density at radius 1 is 1.39 bits per heavy atom. The van der Waals surface area contributed by atoms with E-state index in [4.69, 9.17) is 27.9 Å². The minimum Gasteiger partial charge on any atom is -0.379 e. The van der Waals surface area contributed by atoms with Crippen LogP contribution in [0.25, 0.3) is 0 Å². The number of amides is 1. The predicted molar refractivity (Wildman–Crippen MR) is 67.8 cm³/mol. The van der Waals surface area contributed by atoms with Gasteiger partial charge in [-0.15, -0.1) is 0 Å². The average molecular weight is 291 g/mol. The molecule has 0 aliphatic carbocycles. The Kier molecular flexibility index (Phi) is 4.34. The number of anilines is 1. The minimum atomic E-state index is -0.290. The van der Waals surface area contributed by atoms with Gasteiger partial charge in [-0.1, -0.05) is 23.2 Å². The van der Waals surface area contributed by atoms with Gasteiger partial charge in [0.2, 0.25) is 5.91 Å². The number of halogens is 2. The van der Waals surface area contributed by atoms with Crippen LogP contribution in [0.5, 0.6) is 0 Å². The van der Waals surface area contributed by atoms with Crippen molar-refractivity contribution in [1.29, 1.82) is 0 Å². The van der Waals surface area contributed by atoms with Gasteiger partial charge in [0.15, 0.2) is 10.3 Å². The molecular formula is C10H12Cl2N4O2. The van der Waals surface area contributed by atoms with Crippen LogP contribution in [0.2, 0.25) is 10.3 Å². The van der Waals surface area contributed by atoms with E-state index in [1.807, 2.05) is 0 Å². The zero-order chi connectivity index (χ0) is 13.1. The second kappa shape index (κ2) is 5.79. The van der Waals surface area contributed by atoms with Crippen LogP contribution in [-0.4, -0.2) is 42.2 Å². The fraction of sp³-hybridized carbons (Fsp3) is 0.500. The summed E-state index contributed by atoms with van der Waals surface area (Å²) in [6, 6.07) is -0.0211. The minimum absolute atomic E-state index is 0.0211. The lowest BCUT2D eigenvalue weighted by molar-refractivity contribution is -0.120. The highest BCUT2D eigenvalue weighted by Gasteiger charge is 2.33. The maximum atomic E-state index is 12.1. The van der Waals surface area contributed by atoms with E-state index in [-0.39, 0.29) is 33.9 Å². The summed E-state index contributed by atoms with van der Waals surface area (Å²) >= 11 is 11.7. The molecule has 0 spiro atoms. The Bertz CT molecular complexity index is 437. The molecule has 0 saturated carbocycles. The first-order valence-electron chi connectivity index (χ1n) is 5.35. The Labute approximate surface area is 114 Å². The van der Waals surface area contributed by atoms with Crippen molar-refractivity contribution in [3.05, 3.63) is 16.6 Å². The van der Waals surface area contributed by atoms with E-state index in [2.05, 4.69) is 20.6 Å². The highest BCUT2D eigenvalue weighted by molar-refractivity contribution is 6.38. The van der Waals surface area contributed by atoms with Crippen LogP contribution in [0, 0.1) is 5.92 Å². The fourth-order valence-corrected chi connectivity index (χ4v) is 2.17. The highest BCUT2D eigenvalue weighted by Crippen LogP contribution is 2.27. The third-order valence-corrected chi connectivity index (χ3v) is 3.36. The molecule has 1 aliphatic rings. The lowest BCUT2D eigenvalue weighted by atomic mass is 10.0. The summed E-state index contributed by atoms with van der Waals surface area (Å²) in [5, 5.41) is 5.89. The van der Waals surface area contributed by atoms with Gasteiger partial charge >= 0.3 is 0 Å². The summed E-state index contributed by atoms with van der Waals surface area (Å²) in [6.45, 7) is 0.863. The van der Waals surface area contributed by atoms with Crippen molar-refractivity contribution in [1.82, 2.24) is 15.3 Å². The van der Waals surface area contributed by atoms with Gasteiger partial charge in [0.05, 0.1) is 19.1 Å². The van der Waals surface area contributed by atoms with Crippen LogP contribution >= 0.6 is 23.2 Å².